The summed E-state index contributed by atoms with van der Waals surface area (Å²) in [6.45, 7) is 4.24. The van der Waals surface area contributed by atoms with E-state index in [0.717, 1.165) is 5.82 Å². The summed E-state index contributed by atoms with van der Waals surface area (Å²) >= 11 is 0. The third-order valence-corrected chi connectivity index (χ3v) is 3.10. The molecule has 7 nitrogen and oxygen atoms in total. The molecule has 0 aliphatic rings. The summed E-state index contributed by atoms with van der Waals surface area (Å²) in [5, 5.41) is 14.8. The number of hydrogen-bond donors (Lipinski definition) is 1. The molecule has 3 aromatic heterocycles. The van der Waals surface area contributed by atoms with Gasteiger partial charge in [-0.1, -0.05) is 19.0 Å². The molecule has 0 radical (unpaired) electrons. The summed E-state index contributed by atoms with van der Waals surface area (Å²) < 4.78 is 31.3. The van der Waals surface area contributed by atoms with E-state index in [0.29, 0.717) is 17.2 Å². The third-order valence-electron chi connectivity index (χ3n) is 3.10. The van der Waals surface area contributed by atoms with Crippen LogP contribution in [-0.4, -0.2) is 24.7 Å². The van der Waals surface area contributed by atoms with Crippen molar-refractivity contribution >= 4 is 11.5 Å². The van der Waals surface area contributed by atoms with Crippen LogP contribution in [0.5, 0.6) is 0 Å². The highest BCUT2D eigenvalue weighted by molar-refractivity contribution is 5.62. The Morgan fingerprint density at radius 3 is 2.82 bits per heavy atom. The SMILES string of the molecule is CC(C)c1nnc2c(NCc3cc(C(F)F)on3)nccn12. The first-order valence-corrected chi connectivity index (χ1v) is 6.73. The van der Waals surface area contributed by atoms with Crippen molar-refractivity contribution in [2.24, 2.45) is 0 Å². The van der Waals surface area contributed by atoms with Crippen LogP contribution in [0.3, 0.4) is 0 Å². The Bertz CT molecular complexity index is 782. The lowest BCUT2D eigenvalue weighted by atomic mass is 10.2. The van der Waals surface area contributed by atoms with Crippen molar-refractivity contribution in [3.63, 3.8) is 0 Å². The largest absolute Gasteiger partial charge is 0.361 e. The van der Waals surface area contributed by atoms with Gasteiger partial charge < -0.3 is 9.84 Å². The Kier molecular flexibility index (Phi) is 3.70. The van der Waals surface area contributed by atoms with Crippen LogP contribution in [0.1, 0.15) is 43.5 Å². The highest BCUT2D eigenvalue weighted by atomic mass is 19.3. The number of aromatic nitrogens is 5. The standard InChI is InChI=1S/C13H14F2N6O/c1-7(2)12-18-19-13-11(16-3-4-21(12)13)17-6-8-5-9(10(14)15)22-20-8/h3-5,7,10H,6H2,1-2H3,(H,16,17). The number of alkyl halides is 2. The summed E-state index contributed by atoms with van der Waals surface area (Å²) in [5.41, 5.74) is 0.937. The van der Waals surface area contributed by atoms with Crippen LogP contribution in [0.4, 0.5) is 14.6 Å². The number of anilines is 1. The highest BCUT2D eigenvalue weighted by Gasteiger charge is 2.15. The lowest BCUT2D eigenvalue weighted by molar-refractivity contribution is 0.112. The van der Waals surface area contributed by atoms with Gasteiger partial charge in [0.05, 0.1) is 6.54 Å². The average molecular weight is 308 g/mol. The molecule has 0 bridgehead atoms. The number of hydrogen-bond acceptors (Lipinski definition) is 6. The maximum absolute atomic E-state index is 12.4. The zero-order valence-corrected chi connectivity index (χ0v) is 12.0. The van der Waals surface area contributed by atoms with Crippen molar-refractivity contribution in [1.29, 1.82) is 0 Å². The minimum atomic E-state index is -2.67. The van der Waals surface area contributed by atoms with Crippen molar-refractivity contribution in [2.45, 2.75) is 32.7 Å². The Morgan fingerprint density at radius 1 is 1.32 bits per heavy atom. The lowest BCUT2D eigenvalue weighted by Gasteiger charge is -2.06. The number of fused-ring (bicyclic) bond motifs is 1. The van der Waals surface area contributed by atoms with Gasteiger partial charge in [0.15, 0.2) is 5.82 Å². The second kappa shape index (κ2) is 5.66. The van der Waals surface area contributed by atoms with Gasteiger partial charge >= 0.3 is 0 Å². The van der Waals surface area contributed by atoms with Crippen LogP contribution >= 0.6 is 0 Å². The minimum Gasteiger partial charge on any atom is -0.361 e. The third kappa shape index (κ3) is 2.61. The molecule has 0 aliphatic heterocycles. The molecule has 0 fully saturated rings. The van der Waals surface area contributed by atoms with Gasteiger partial charge in [-0.2, -0.15) is 0 Å². The van der Waals surface area contributed by atoms with Crippen molar-refractivity contribution in [3.8, 4) is 0 Å². The predicted molar refractivity (Wildman–Crippen MR) is 73.7 cm³/mol. The van der Waals surface area contributed by atoms with Crippen molar-refractivity contribution in [1.82, 2.24) is 24.7 Å². The molecular formula is C13H14F2N6O. The number of halogens is 2. The molecule has 1 N–H and O–H groups in total. The van der Waals surface area contributed by atoms with E-state index in [1.807, 2.05) is 18.2 Å². The molecule has 9 heteroatoms. The first-order valence-electron chi connectivity index (χ1n) is 6.73. The quantitative estimate of drug-likeness (QED) is 0.780. The summed E-state index contributed by atoms with van der Waals surface area (Å²) in [7, 11) is 0. The van der Waals surface area contributed by atoms with Crippen LogP contribution in [0, 0.1) is 0 Å². The van der Waals surface area contributed by atoms with Gasteiger partial charge in [-0.3, -0.25) is 4.40 Å². The normalized spacial score (nSPS) is 11.7. The second-order valence-corrected chi connectivity index (χ2v) is 5.06. The maximum atomic E-state index is 12.4. The topological polar surface area (TPSA) is 81.1 Å². The molecule has 3 rings (SSSR count). The van der Waals surface area contributed by atoms with Crippen LogP contribution in [0.25, 0.3) is 5.65 Å². The molecule has 0 amide bonds. The van der Waals surface area contributed by atoms with Crippen LogP contribution in [0.2, 0.25) is 0 Å². The first kappa shape index (κ1) is 14.4. The fourth-order valence-electron chi connectivity index (χ4n) is 2.05. The van der Waals surface area contributed by atoms with Crippen LogP contribution < -0.4 is 5.32 Å². The molecule has 22 heavy (non-hydrogen) atoms. The van der Waals surface area contributed by atoms with E-state index < -0.39 is 12.2 Å². The zero-order chi connectivity index (χ0) is 15.7. The average Bonchev–Trinajstić information content (AvgIpc) is 3.12. The zero-order valence-electron chi connectivity index (χ0n) is 12.0. The van der Waals surface area contributed by atoms with Crippen LogP contribution in [0.15, 0.2) is 23.0 Å². The number of nitrogens with one attached hydrogen (secondary N) is 1. The molecule has 0 aromatic carbocycles. The second-order valence-electron chi connectivity index (χ2n) is 5.06. The molecular weight excluding hydrogens is 294 g/mol. The van der Waals surface area contributed by atoms with Gasteiger partial charge in [-0.05, 0) is 0 Å². The Balaban J connectivity index is 1.81. The van der Waals surface area contributed by atoms with Gasteiger partial charge in [0, 0.05) is 24.4 Å². The molecule has 116 valence electrons. The fourth-order valence-corrected chi connectivity index (χ4v) is 2.05. The molecule has 0 saturated heterocycles. The molecule has 3 heterocycles. The van der Waals surface area contributed by atoms with E-state index in [-0.39, 0.29) is 12.5 Å². The van der Waals surface area contributed by atoms with Crippen LogP contribution in [-0.2, 0) is 6.54 Å². The molecule has 0 atom stereocenters. The molecule has 0 unspecified atom stereocenters. The Morgan fingerprint density at radius 2 is 2.14 bits per heavy atom. The summed E-state index contributed by atoms with van der Waals surface area (Å²) in [6.07, 6.45) is 0.728. The number of rotatable bonds is 5. The first-order chi connectivity index (χ1) is 10.6. The van der Waals surface area contributed by atoms with E-state index in [1.165, 1.54) is 6.07 Å². The van der Waals surface area contributed by atoms with E-state index in [2.05, 4.69) is 30.2 Å². The predicted octanol–water partition coefficient (Wildman–Crippen LogP) is 2.79. The molecule has 0 saturated carbocycles. The smallest absolute Gasteiger partial charge is 0.298 e. The monoisotopic (exact) mass is 308 g/mol. The van der Waals surface area contributed by atoms with Gasteiger partial charge in [0.25, 0.3) is 6.43 Å². The summed E-state index contributed by atoms with van der Waals surface area (Å²) in [4.78, 5) is 4.20. The van der Waals surface area contributed by atoms with Crippen molar-refractivity contribution in [3.05, 3.63) is 35.7 Å². The Labute approximate surface area is 124 Å². The van der Waals surface area contributed by atoms with Gasteiger partial charge in [-0.15, -0.1) is 10.2 Å². The highest BCUT2D eigenvalue weighted by Crippen LogP contribution is 2.21. The minimum absolute atomic E-state index is 0.201. The van der Waals surface area contributed by atoms with Crippen molar-refractivity contribution in [2.75, 3.05) is 5.32 Å². The van der Waals surface area contributed by atoms with Crippen molar-refractivity contribution < 1.29 is 13.3 Å². The fraction of sp³-hybridized carbons (Fsp3) is 0.385. The van der Waals surface area contributed by atoms with E-state index in [4.69, 9.17) is 0 Å². The van der Waals surface area contributed by atoms with E-state index >= 15 is 0 Å². The molecule has 0 spiro atoms. The lowest BCUT2D eigenvalue weighted by Crippen LogP contribution is -2.05. The molecule has 3 aromatic rings. The number of nitrogens with zero attached hydrogens (tertiary/aromatic N) is 5. The maximum Gasteiger partial charge on any atom is 0.298 e. The summed E-state index contributed by atoms with van der Waals surface area (Å²) in [5.74, 6) is 1.09. The molecule has 0 aliphatic carbocycles. The van der Waals surface area contributed by atoms with Gasteiger partial charge in [-0.25, -0.2) is 13.8 Å². The van der Waals surface area contributed by atoms with Gasteiger partial charge in [0.2, 0.25) is 11.4 Å². The van der Waals surface area contributed by atoms with E-state index in [9.17, 15) is 8.78 Å². The Hall–Kier alpha value is -2.58. The van der Waals surface area contributed by atoms with Gasteiger partial charge in [0.1, 0.15) is 11.5 Å². The summed E-state index contributed by atoms with van der Waals surface area (Å²) in [6, 6.07) is 1.21. The van der Waals surface area contributed by atoms with E-state index in [1.54, 1.807) is 12.4 Å².